The number of anilines is 1. The van der Waals surface area contributed by atoms with Crippen molar-refractivity contribution >= 4 is 34.2 Å². The Balaban J connectivity index is 1.39. The van der Waals surface area contributed by atoms with Crippen LogP contribution in [0.15, 0.2) is 48.5 Å². The molecule has 0 spiro atoms. The van der Waals surface area contributed by atoms with Gasteiger partial charge in [0.15, 0.2) is 0 Å². The van der Waals surface area contributed by atoms with Crippen LogP contribution in [0.1, 0.15) is 16.2 Å². The lowest BCUT2D eigenvalue weighted by Gasteiger charge is -2.34. The van der Waals surface area contributed by atoms with E-state index in [0.717, 1.165) is 24.0 Å². The quantitative estimate of drug-likeness (QED) is 0.755. The Morgan fingerprint density at radius 3 is 2.44 bits per heavy atom. The van der Waals surface area contributed by atoms with Gasteiger partial charge in [-0.15, -0.1) is 0 Å². The molecular formula is C20H20ClN5O. The van der Waals surface area contributed by atoms with E-state index in [1.807, 2.05) is 29.2 Å². The van der Waals surface area contributed by atoms with Gasteiger partial charge >= 0.3 is 0 Å². The number of para-hydroxylation sites is 1. The van der Waals surface area contributed by atoms with E-state index in [0.29, 0.717) is 41.9 Å². The van der Waals surface area contributed by atoms with Crippen LogP contribution in [0.3, 0.4) is 0 Å². The number of carbonyl (C=O) groups excluding carboxylic acids is 1. The van der Waals surface area contributed by atoms with Crippen LogP contribution in [0.25, 0.3) is 10.9 Å². The summed E-state index contributed by atoms with van der Waals surface area (Å²) in [5.41, 5.74) is 7.59. The Bertz CT molecular complexity index is 968. The van der Waals surface area contributed by atoms with Crippen LogP contribution in [-0.2, 0) is 6.54 Å². The van der Waals surface area contributed by atoms with Gasteiger partial charge in [0.25, 0.3) is 5.91 Å². The van der Waals surface area contributed by atoms with Crippen molar-refractivity contribution in [3.8, 4) is 0 Å². The van der Waals surface area contributed by atoms with Gasteiger partial charge in [0.2, 0.25) is 0 Å². The highest BCUT2D eigenvalue weighted by atomic mass is 35.5. The number of nitrogen functional groups attached to an aromatic ring is 1. The van der Waals surface area contributed by atoms with Crippen LogP contribution in [0.5, 0.6) is 0 Å². The van der Waals surface area contributed by atoms with Gasteiger partial charge in [0.1, 0.15) is 11.6 Å². The lowest BCUT2D eigenvalue weighted by molar-refractivity contribution is 0.0625. The number of benzene rings is 2. The monoisotopic (exact) mass is 381 g/mol. The number of nitrogens with zero attached hydrogens (tertiary/aromatic N) is 4. The molecule has 1 aliphatic rings. The molecule has 0 radical (unpaired) electrons. The third kappa shape index (κ3) is 3.86. The average Bonchev–Trinajstić information content (AvgIpc) is 2.69. The summed E-state index contributed by atoms with van der Waals surface area (Å²) in [4.78, 5) is 25.8. The molecule has 1 amide bonds. The second kappa shape index (κ2) is 7.50. The molecule has 0 atom stereocenters. The number of hydrogen-bond acceptors (Lipinski definition) is 5. The average molecular weight is 382 g/mol. The van der Waals surface area contributed by atoms with Gasteiger partial charge < -0.3 is 10.6 Å². The van der Waals surface area contributed by atoms with Crippen LogP contribution in [0.2, 0.25) is 5.02 Å². The number of carbonyl (C=O) groups is 1. The van der Waals surface area contributed by atoms with E-state index in [-0.39, 0.29) is 5.91 Å². The zero-order valence-corrected chi connectivity index (χ0v) is 15.6. The normalized spacial score (nSPS) is 15.2. The van der Waals surface area contributed by atoms with Gasteiger partial charge in [-0.2, -0.15) is 0 Å². The fraction of sp³-hybridized carbons (Fsp3) is 0.250. The number of hydrogen-bond donors (Lipinski definition) is 1. The fourth-order valence-electron chi connectivity index (χ4n) is 3.31. The molecule has 2 heterocycles. The van der Waals surface area contributed by atoms with Crippen molar-refractivity contribution in [1.82, 2.24) is 19.8 Å². The van der Waals surface area contributed by atoms with Crippen molar-refractivity contribution in [2.75, 3.05) is 31.9 Å². The van der Waals surface area contributed by atoms with E-state index in [2.05, 4.69) is 14.9 Å². The Kier molecular flexibility index (Phi) is 4.92. The first-order valence-corrected chi connectivity index (χ1v) is 9.26. The molecule has 1 aliphatic heterocycles. The van der Waals surface area contributed by atoms with Crippen molar-refractivity contribution < 1.29 is 4.79 Å². The first-order chi connectivity index (χ1) is 13.1. The molecule has 6 nitrogen and oxygen atoms in total. The molecular weight excluding hydrogens is 362 g/mol. The van der Waals surface area contributed by atoms with Crippen LogP contribution in [0.4, 0.5) is 5.82 Å². The summed E-state index contributed by atoms with van der Waals surface area (Å²) in [5, 5.41) is 1.51. The maximum absolute atomic E-state index is 12.6. The number of amides is 1. The van der Waals surface area contributed by atoms with E-state index >= 15 is 0 Å². The van der Waals surface area contributed by atoms with Gasteiger partial charge in [-0.25, -0.2) is 9.97 Å². The van der Waals surface area contributed by atoms with Crippen molar-refractivity contribution in [2.45, 2.75) is 6.54 Å². The largest absolute Gasteiger partial charge is 0.383 e. The van der Waals surface area contributed by atoms with E-state index < -0.39 is 0 Å². The highest BCUT2D eigenvalue weighted by Crippen LogP contribution is 2.18. The lowest BCUT2D eigenvalue weighted by atomic mass is 10.2. The summed E-state index contributed by atoms with van der Waals surface area (Å²) < 4.78 is 0. The molecule has 0 saturated carbocycles. The number of rotatable bonds is 3. The minimum Gasteiger partial charge on any atom is -0.383 e. The molecule has 1 fully saturated rings. The number of halogens is 1. The summed E-state index contributed by atoms with van der Waals surface area (Å²) in [6.45, 7) is 3.51. The minimum absolute atomic E-state index is 0.0394. The van der Waals surface area contributed by atoms with E-state index in [1.54, 1.807) is 24.3 Å². The number of piperazine rings is 1. The van der Waals surface area contributed by atoms with Crippen molar-refractivity contribution in [2.24, 2.45) is 0 Å². The molecule has 27 heavy (non-hydrogen) atoms. The van der Waals surface area contributed by atoms with Gasteiger partial charge in [0.05, 0.1) is 12.1 Å². The highest BCUT2D eigenvalue weighted by molar-refractivity contribution is 6.30. The van der Waals surface area contributed by atoms with Crippen molar-refractivity contribution in [3.63, 3.8) is 0 Å². The molecule has 0 unspecified atom stereocenters. The van der Waals surface area contributed by atoms with E-state index in [4.69, 9.17) is 17.3 Å². The molecule has 4 rings (SSSR count). The summed E-state index contributed by atoms with van der Waals surface area (Å²) in [7, 11) is 0. The maximum Gasteiger partial charge on any atom is 0.253 e. The minimum atomic E-state index is 0.0394. The molecule has 0 aliphatic carbocycles. The second-order valence-corrected chi connectivity index (χ2v) is 7.05. The predicted octanol–water partition coefficient (Wildman–Crippen LogP) is 2.82. The topological polar surface area (TPSA) is 75.3 Å². The fourth-order valence-corrected chi connectivity index (χ4v) is 3.43. The second-order valence-electron chi connectivity index (χ2n) is 6.62. The third-order valence-electron chi connectivity index (χ3n) is 4.79. The first-order valence-electron chi connectivity index (χ1n) is 8.88. The smallest absolute Gasteiger partial charge is 0.253 e. The molecule has 1 saturated heterocycles. The van der Waals surface area contributed by atoms with E-state index in [9.17, 15) is 4.79 Å². The highest BCUT2D eigenvalue weighted by Gasteiger charge is 2.22. The number of nitrogens with two attached hydrogens (primary N) is 1. The summed E-state index contributed by atoms with van der Waals surface area (Å²) in [6.07, 6.45) is 0. The Morgan fingerprint density at radius 1 is 1.00 bits per heavy atom. The van der Waals surface area contributed by atoms with E-state index in [1.165, 1.54) is 0 Å². The molecule has 0 bridgehead atoms. The first kappa shape index (κ1) is 17.7. The zero-order valence-electron chi connectivity index (χ0n) is 14.8. The molecule has 138 valence electrons. The molecule has 7 heteroatoms. The Hall–Kier alpha value is -2.70. The van der Waals surface area contributed by atoms with Crippen LogP contribution in [-0.4, -0.2) is 51.9 Å². The number of fused-ring (bicyclic) bond motifs is 1. The molecule has 2 aromatic carbocycles. The zero-order chi connectivity index (χ0) is 18.8. The SMILES string of the molecule is Nc1nc(CN2CCN(C(=O)c3ccc(Cl)cc3)CC2)nc2ccccc12. The predicted molar refractivity (Wildman–Crippen MR) is 107 cm³/mol. The van der Waals surface area contributed by atoms with Gasteiger partial charge in [-0.05, 0) is 36.4 Å². The third-order valence-corrected chi connectivity index (χ3v) is 5.05. The van der Waals surface area contributed by atoms with Crippen LogP contribution < -0.4 is 5.73 Å². The van der Waals surface area contributed by atoms with Gasteiger partial charge in [0, 0.05) is 42.2 Å². The van der Waals surface area contributed by atoms with Crippen LogP contribution >= 0.6 is 11.6 Å². The van der Waals surface area contributed by atoms with Gasteiger partial charge in [-0.3, -0.25) is 9.69 Å². The van der Waals surface area contributed by atoms with Crippen LogP contribution in [0, 0.1) is 0 Å². The van der Waals surface area contributed by atoms with Gasteiger partial charge in [-0.1, -0.05) is 23.7 Å². The molecule has 1 aromatic heterocycles. The molecule has 2 N–H and O–H groups in total. The maximum atomic E-state index is 12.6. The molecule has 3 aromatic rings. The number of aromatic nitrogens is 2. The summed E-state index contributed by atoms with van der Waals surface area (Å²) >= 11 is 5.89. The lowest BCUT2D eigenvalue weighted by Crippen LogP contribution is -2.48. The van der Waals surface area contributed by atoms with Crippen molar-refractivity contribution in [3.05, 3.63) is 64.9 Å². The standard InChI is InChI=1S/C20H20ClN5O/c21-15-7-5-14(6-8-15)20(27)26-11-9-25(10-12-26)13-18-23-17-4-2-1-3-16(17)19(22)24-18/h1-8H,9-13H2,(H2,22,23,24). The Labute approximate surface area is 162 Å². The summed E-state index contributed by atoms with van der Waals surface area (Å²) in [5.74, 6) is 1.26. The Morgan fingerprint density at radius 2 is 1.70 bits per heavy atom. The summed E-state index contributed by atoms with van der Waals surface area (Å²) in [6, 6.07) is 14.8. The van der Waals surface area contributed by atoms with Crippen molar-refractivity contribution in [1.29, 1.82) is 0 Å².